The van der Waals surface area contributed by atoms with Crippen molar-refractivity contribution in [2.45, 2.75) is 46.4 Å². The average molecular weight is 268 g/mol. The first kappa shape index (κ1) is 13.6. The van der Waals surface area contributed by atoms with Crippen molar-refractivity contribution < 1.29 is 14.3 Å². The number of carbonyl (C=O) groups excluding carboxylic acids is 1. The van der Waals surface area contributed by atoms with Crippen LogP contribution in [0.5, 0.6) is 6.01 Å². The lowest BCUT2D eigenvalue weighted by molar-refractivity contribution is 0.0190. The highest BCUT2D eigenvalue weighted by molar-refractivity contribution is 5.68. The Bertz CT molecular complexity index is 464. The second kappa shape index (κ2) is 5.07. The number of amides is 1. The summed E-state index contributed by atoms with van der Waals surface area (Å²) in [6.07, 6.45) is -0.320. The molecule has 0 saturated carbocycles. The van der Waals surface area contributed by atoms with Crippen LogP contribution in [-0.2, 0) is 17.8 Å². The van der Waals surface area contributed by atoms with E-state index in [0.717, 1.165) is 5.82 Å². The Morgan fingerprint density at radius 1 is 1.37 bits per heavy atom. The molecule has 0 aromatic carbocycles. The van der Waals surface area contributed by atoms with Gasteiger partial charge < -0.3 is 9.47 Å². The minimum Gasteiger partial charge on any atom is -0.463 e. The summed E-state index contributed by atoms with van der Waals surface area (Å²) in [7, 11) is 0. The molecule has 2 heterocycles. The predicted molar refractivity (Wildman–Crippen MR) is 67.8 cm³/mol. The quantitative estimate of drug-likeness (QED) is 0.811. The molecule has 0 N–H and O–H groups in total. The van der Waals surface area contributed by atoms with Gasteiger partial charge in [-0.15, -0.1) is 5.10 Å². The van der Waals surface area contributed by atoms with Gasteiger partial charge >= 0.3 is 12.1 Å². The molecule has 106 valence electrons. The number of hydrogen-bond acceptors (Lipinski definition) is 5. The smallest absolute Gasteiger partial charge is 0.410 e. The van der Waals surface area contributed by atoms with E-state index in [1.807, 2.05) is 27.7 Å². The van der Waals surface area contributed by atoms with E-state index in [-0.39, 0.29) is 6.09 Å². The molecule has 0 spiro atoms. The van der Waals surface area contributed by atoms with Crippen LogP contribution < -0.4 is 4.74 Å². The number of aromatic nitrogens is 3. The molecular weight excluding hydrogens is 248 g/mol. The maximum Gasteiger partial charge on any atom is 0.410 e. The lowest BCUT2D eigenvalue weighted by atomic mass is 10.2. The highest BCUT2D eigenvalue weighted by Gasteiger charge is 2.27. The fourth-order valence-corrected chi connectivity index (χ4v) is 1.79. The second-order valence-electron chi connectivity index (χ2n) is 5.37. The Hall–Kier alpha value is -1.79. The first-order valence-electron chi connectivity index (χ1n) is 6.43. The van der Waals surface area contributed by atoms with E-state index < -0.39 is 5.60 Å². The topological polar surface area (TPSA) is 69.5 Å². The van der Waals surface area contributed by atoms with Gasteiger partial charge in [-0.3, -0.25) is 4.90 Å². The summed E-state index contributed by atoms with van der Waals surface area (Å²) in [5, 5.41) is 4.21. The van der Waals surface area contributed by atoms with E-state index >= 15 is 0 Å². The van der Waals surface area contributed by atoms with E-state index in [4.69, 9.17) is 9.47 Å². The zero-order valence-corrected chi connectivity index (χ0v) is 11.8. The van der Waals surface area contributed by atoms with Crippen LogP contribution in [0.25, 0.3) is 0 Å². The Labute approximate surface area is 112 Å². The van der Waals surface area contributed by atoms with Crippen LogP contribution in [0.1, 0.15) is 33.5 Å². The fraction of sp³-hybridized carbons (Fsp3) is 0.750. The summed E-state index contributed by atoms with van der Waals surface area (Å²) in [4.78, 5) is 17.9. The molecule has 0 fully saturated rings. The molecule has 7 nitrogen and oxygen atoms in total. The summed E-state index contributed by atoms with van der Waals surface area (Å²) >= 11 is 0. The van der Waals surface area contributed by atoms with Crippen LogP contribution in [0, 0.1) is 0 Å². The van der Waals surface area contributed by atoms with Crippen molar-refractivity contribution in [3.8, 4) is 6.01 Å². The van der Waals surface area contributed by atoms with Gasteiger partial charge in [-0.2, -0.15) is 4.98 Å². The number of fused-ring (bicyclic) bond motifs is 1. The molecular formula is C12H20N4O3. The predicted octanol–water partition coefficient (Wildman–Crippen LogP) is 1.43. The number of hydrogen-bond donors (Lipinski definition) is 0. The van der Waals surface area contributed by atoms with Crippen molar-refractivity contribution in [3.05, 3.63) is 5.82 Å². The standard InChI is InChI=1S/C12H20N4O3/c1-5-18-10-13-9-8-15(6-7-16(9)14-10)11(17)19-12(2,3)4/h5-8H2,1-4H3. The van der Waals surface area contributed by atoms with Crippen molar-refractivity contribution in [1.29, 1.82) is 0 Å². The molecule has 0 bridgehead atoms. The van der Waals surface area contributed by atoms with Gasteiger partial charge in [-0.05, 0) is 27.7 Å². The van der Waals surface area contributed by atoms with Crippen LogP contribution in [0.4, 0.5) is 4.79 Å². The van der Waals surface area contributed by atoms with E-state index in [2.05, 4.69) is 10.1 Å². The van der Waals surface area contributed by atoms with Gasteiger partial charge in [0.1, 0.15) is 5.60 Å². The Kier molecular flexibility index (Phi) is 3.64. The van der Waals surface area contributed by atoms with E-state index in [0.29, 0.717) is 32.3 Å². The molecule has 0 aliphatic carbocycles. The summed E-state index contributed by atoms with van der Waals surface area (Å²) < 4.78 is 12.4. The average Bonchev–Trinajstić information content (AvgIpc) is 2.68. The first-order chi connectivity index (χ1) is 8.89. The van der Waals surface area contributed by atoms with Gasteiger partial charge in [-0.25, -0.2) is 9.48 Å². The number of nitrogens with zero attached hydrogens (tertiary/aromatic N) is 4. The van der Waals surface area contributed by atoms with E-state index in [9.17, 15) is 4.79 Å². The van der Waals surface area contributed by atoms with Crippen LogP contribution in [0.3, 0.4) is 0 Å². The summed E-state index contributed by atoms with van der Waals surface area (Å²) in [6, 6.07) is 0.364. The molecule has 1 aliphatic heterocycles. The monoisotopic (exact) mass is 268 g/mol. The first-order valence-corrected chi connectivity index (χ1v) is 6.43. The minimum atomic E-state index is -0.487. The van der Waals surface area contributed by atoms with Crippen LogP contribution >= 0.6 is 0 Å². The fourth-order valence-electron chi connectivity index (χ4n) is 1.79. The molecule has 1 aliphatic rings. The Balaban J connectivity index is 2.03. The molecule has 0 radical (unpaired) electrons. The zero-order valence-electron chi connectivity index (χ0n) is 11.8. The second-order valence-corrected chi connectivity index (χ2v) is 5.37. The van der Waals surface area contributed by atoms with E-state index in [1.165, 1.54) is 0 Å². The van der Waals surface area contributed by atoms with Gasteiger partial charge in [0, 0.05) is 6.54 Å². The normalized spacial score (nSPS) is 15.1. The van der Waals surface area contributed by atoms with Gasteiger partial charge in [0.2, 0.25) is 0 Å². The van der Waals surface area contributed by atoms with Crippen LogP contribution in [0.2, 0.25) is 0 Å². The van der Waals surface area contributed by atoms with Crippen LogP contribution in [-0.4, -0.2) is 44.5 Å². The van der Waals surface area contributed by atoms with Gasteiger partial charge in [0.05, 0.1) is 19.7 Å². The molecule has 0 saturated heterocycles. The van der Waals surface area contributed by atoms with E-state index in [1.54, 1.807) is 9.58 Å². The lowest BCUT2D eigenvalue weighted by Gasteiger charge is -2.29. The van der Waals surface area contributed by atoms with Crippen molar-refractivity contribution in [1.82, 2.24) is 19.7 Å². The van der Waals surface area contributed by atoms with Crippen molar-refractivity contribution >= 4 is 6.09 Å². The molecule has 0 unspecified atom stereocenters. The molecule has 0 atom stereocenters. The maximum atomic E-state index is 12.0. The molecule has 2 rings (SSSR count). The van der Waals surface area contributed by atoms with Gasteiger partial charge in [0.15, 0.2) is 5.82 Å². The SMILES string of the molecule is CCOc1nc2n(n1)CCN(C(=O)OC(C)(C)C)C2. The van der Waals surface area contributed by atoms with Gasteiger partial charge in [-0.1, -0.05) is 0 Å². The number of rotatable bonds is 2. The zero-order chi connectivity index (χ0) is 14.0. The number of carbonyl (C=O) groups is 1. The number of ether oxygens (including phenoxy) is 2. The Morgan fingerprint density at radius 3 is 2.74 bits per heavy atom. The summed E-state index contributed by atoms with van der Waals surface area (Å²) in [5.41, 5.74) is -0.487. The summed E-state index contributed by atoms with van der Waals surface area (Å²) in [6.45, 7) is 9.53. The highest BCUT2D eigenvalue weighted by Crippen LogP contribution is 2.17. The summed E-state index contributed by atoms with van der Waals surface area (Å²) in [5.74, 6) is 0.723. The molecule has 1 aromatic heterocycles. The highest BCUT2D eigenvalue weighted by atomic mass is 16.6. The third-order valence-electron chi connectivity index (χ3n) is 2.57. The maximum absolute atomic E-state index is 12.0. The van der Waals surface area contributed by atoms with Crippen molar-refractivity contribution in [2.75, 3.05) is 13.2 Å². The minimum absolute atomic E-state index is 0.320. The molecule has 7 heteroatoms. The third-order valence-corrected chi connectivity index (χ3v) is 2.57. The van der Waals surface area contributed by atoms with Gasteiger partial charge in [0.25, 0.3) is 0 Å². The van der Waals surface area contributed by atoms with Crippen molar-refractivity contribution in [3.63, 3.8) is 0 Å². The lowest BCUT2D eigenvalue weighted by Crippen LogP contribution is -2.41. The third kappa shape index (κ3) is 3.36. The molecule has 1 aromatic rings. The molecule has 1 amide bonds. The van der Waals surface area contributed by atoms with Crippen LogP contribution in [0.15, 0.2) is 0 Å². The largest absolute Gasteiger partial charge is 0.463 e. The molecule has 19 heavy (non-hydrogen) atoms. The Morgan fingerprint density at radius 2 is 2.11 bits per heavy atom. The van der Waals surface area contributed by atoms with Crippen molar-refractivity contribution in [2.24, 2.45) is 0 Å².